The Kier molecular flexibility index (Phi) is 8.83. The topological polar surface area (TPSA) is 107 Å². The number of aromatic nitrogens is 3. The number of nitrogens with one attached hydrogen (secondary N) is 3. The van der Waals surface area contributed by atoms with E-state index < -0.39 is 6.23 Å². The molecule has 0 saturated heterocycles. The molecule has 0 spiro atoms. The van der Waals surface area contributed by atoms with Crippen molar-refractivity contribution in [2.75, 3.05) is 36.6 Å². The van der Waals surface area contributed by atoms with Gasteiger partial charge < -0.3 is 30.5 Å². The third-order valence-corrected chi connectivity index (χ3v) is 6.80. The van der Waals surface area contributed by atoms with E-state index in [9.17, 15) is 9.90 Å². The van der Waals surface area contributed by atoms with Crippen molar-refractivity contribution in [3.63, 3.8) is 0 Å². The number of benzene rings is 3. The summed E-state index contributed by atoms with van der Waals surface area (Å²) >= 11 is 6.52. The van der Waals surface area contributed by atoms with Crippen molar-refractivity contribution in [3.8, 4) is 11.3 Å². The van der Waals surface area contributed by atoms with E-state index in [4.69, 9.17) is 16.6 Å². The summed E-state index contributed by atoms with van der Waals surface area (Å²) in [5, 5.41) is 20.8. The van der Waals surface area contributed by atoms with Crippen molar-refractivity contribution in [2.24, 2.45) is 7.05 Å². The van der Waals surface area contributed by atoms with Crippen LogP contribution in [0.4, 0.5) is 23.0 Å². The molecule has 1 amide bonds. The third kappa shape index (κ3) is 6.95. The molecule has 0 aliphatic carbocycles. The maximum atomic E-state index is 12.9. The molecular formula is C32H32ClN7O2. The SMILES string of the molecule is CN(C)CC=CC(O)Nc1ccc(C(=O)Nc2cccc(Nc3ncc(Cl)c(-c4cn(C)c5ccccc45)n3)c2)cc1. The van der Waals surface area contributed by atoms with Gasteiger partial charge >= 0.3 is 0 Å². The Morgan fingerprint density at radius 3 is 2.60 bits per heavy atom. The molecule has 9 nitrogen and oxygen atoms in total. The first-order valence-electron chi connectivity index (χ1n) is 13.4. The molecule has 0 bridgehead atoms. The molecule has 214 valence electrons. The molecule has 0 aliphatic heterocycles. The van der Waals surface area contributed by atoms with Gasteiger partial charge in [-0.3, -0.25) is 4.79 Å². The summed E-state index contributed by atoms with van der Waals surface area (Å²) in [5.41, 5.74) is 5.12. The molecule has 10 heteroatoms. The molecule has 0 fully saturated rings. The molecule has 2 aromatic heterocycles. The van der Waals surface area contributed by atoms with Crippen molar-refractivity contribution in [3.05, 3.63) is 108 Å². The fraction of sp³-hybridized carbons (Fsp3) is 0.156. The van der Waals surface area contributed by atoms with Crippen LogP contribution in [0, 0.1) is 0 Å². The van der Waals surface area contributed by atoms with Crippen LogP contribution in [0.15, 0.2) is 97.3 Å². The Balaban J connectivity index is 1.25. The number of likely N-dealkylation sites (N-methyl/N-ethyl adjacent to an activating group) is 1. The molecule has 5 aromatic rings. The molecule has 1 atom stereocenters. The van der Waals surface area contributed by atoms with E-state index in [1.165, 1.54) is 0 Å². The lowest BCUT2D eigenvalue weighted by Crippen LogP contribution is -2.17. The zero-order valence-electron chi connectivity index (χ0n) is 23.5. The zero-order valence-corrected chi connectivity index (χ0v) is 24.3. The predicted octanol–water partition coefficient (Wildman–Crippen LogP) is 6.13. The van der Waals surface area contributed by atoms with Crippen molar-refractivity contribution >= 4 is 51.4 Å². The van der Waals surface area contributed by atoms with Gasteiger partial charge in [-0.1, -0.05) is 41.9 Å². The largest absolute Gasteiger partial charge is 0.370 e. The molecule has 42 heavy (non-hydrogen) atoms. The molecular weight excluding hydrogens is 550 g/mol. The van der Waals surface area contributed by atoms with Crippen LogP contribution in [0.1, 0.15) is 10.4 Å². The molecule has 2 heterocycles. The molecule has 5 rings (SSSR count). The standard InChI is InChI=1S/C32H32ClN7O2/c1-39(2)17-7-12-29(41)35-22-15-13-21(14-16-22)31(42)36-23-8-6-9-24(18-23)37-32-34-19-27(33)30(38-32)26-20-40(3)28-11-5-4-10-25(26)28/h4-16,18-20,29,35,41H,17H2,1-3H3,(H,36,42)(H,34,37,38). The van der Waals surface area contributed by atoms with Crippen molar-refractivity contribution in [1.82, 2.24) is 19.4 Å². The van der Waals surface area contributed by atoms with Gasteiger partial charge in [0.1, 0.15) is 6.23 Å². The molecule has 0 aliphatic rings. The Morgan fingerprint density at radius 1 is 1.05 bits per heavy atom. The number of fused-ring (bicyclic) bond motifs is 1. The summed E-state index contributed by atoms with van der Waals surface area (Å²) in [7, 11) is 5.90. The van der Waals surface area contributed by atoms with E-state index in [1.54, 1.807) is 48.7 Å². The fourth-order valence-corrected chi connectivity index (χ4v) is 4.68. The van der Waals surface area contributed by atoms with Crippen molar-refractivity contribution in [1.29, 1.82) is 0 Å². The summed E-state index contributed by atoms with van der Waals surface area (Å²) in [6.07, 6.45) is 6.32. The number of halogens is 1. The van der Waals surface area contributed by atoms with Crippen LogP contribution in [0.3, 0.4) is 0 Å². The molecule has 1 unspecified atom stereocenters. The highest BCUT2D eigenvalue weighted by Gasteiger charge is 2.15. The summed E-state index contributed by atoms with van der Waals surface area (Å²) < 4.78 is 2.04. The number of carbonyl (C=O) groups is 1. The Bertz CT molecular complexity index is 1730. The zero-order chi connectivity index (χ0) is 29.6. The number of carbonyl (C=O) groups excluding carboxylic acids is 1. The smallest absolute Gasteiger partial charge is 0.255 e. The van der Waals surface area contributed by atoms with Crippen LogP contribution >= 0.6 is 11.6 Å². The average molecular weight is 582 g/mol. The highest BCUT2D eigenvalue weighted by Crippen LogP contribution is 2.34. The number of anilines is 4. The summed E-state index contributed by atoms with van der Waals surface area (Å²) in [6.45, 7) is 0.730. The van der Waals surface area contributed by atoms with E-state index in [2.05, 4.69) is 27.0 Å². The Morgan fingerprint density at radius 2 is 1.81 bits per heavy atom. The number of aliphatic hydroxyl groups excluding tert-OH is 1. The lowest BCUT2D eigenvalue weighted by Gasteiger charge is -2.12. The number of hydrogen-bond donors (Lipinski definition) is 4. The highest BCUT2D eigenvalue weighted by molar-refractivity contribution is 6.33. The molecule has 0 saturated carbocycles. The first kappa shape index (κ1) is 28.8. The monoisotopic (exact) mass is 581 g/mol. The minimum absolute atomic E-state index is 0.258. The maximum absolute atomic E-state index is 12.9. The number of para-hydroxylation sites is 1. The number of aryl methyl sites for hydroxylation is 1. The number of nitrogens with zero attached hydrogens (tertiary/aromatic N) is 4. The van der Waals surface area contributed by atoms with Crippen LogP contribution in [-0.4, -0.2) is 57.3 Å². The van der Waals surface area contributed by atoms with E-state index in [1.807, 2.05) is 73.2 Å². The maximum Gasteiger partial charge on any atom is 0.255 e. The van der Waals surface area contributed by atoms with Crippen LogP contribution < -0.4 is 16.0 Å². The summed E-state index contributed by atoms with van der Waals surface area (Å²) in [6, 6.07) is 22.3. The second kappa shape index (κ2) is 12.9. The van der Waals surface area contributed by atoms with Crippen LogP contribution in [0.25, 0.3) is 22.2 Å². The van der Waals surface area contributed by atoms with Gasteiger partial charge in [-0.25, -0.2) is 9.97 Å². The summed E-state index contributed by atoms with van der Waals surface area (Å²) in [5.74, 6) is 0.124. The van der Waals surface area contributed by atoms with E-state index >= 15 is 0 Å². The molecule has 3 aromatic carbocycles. The predicted molar refractivity (Wildman–Crippen MR) is 170 cm³/mol. The van der Waals surface area contributed by atoms with Gasteiger partial charge in [-0.15, -0.1) is 0 Å². The first-order chi connectivity index (χ1) is 20.3. The number of rotatable bonds is 10. The number of aliphatic hydroxyl groups is 1. The van der Waals surface area contributed by atoms with Crippen LogP contribution in [0.2, 0.25) is 5.02 Å². The first-order valence-corrected chi connectivity index (χ1v) is 13.8. The molecule has 0 radical (unpaired) electrons. The van der Waals surface area contributed by atoms with Gasteiger partial charge in [0.05, 0.1) is 16.9 Å². The average Bonchev–Trinajstić information content (AvgIpc) is 3.30. The number of amides is 1. The number of hydrogen-bond acceptors (Lipinski definition) is 7. The van der Waals surface area contributed by atoms with Crippen LogP contribution in [0.5, 0.6) is 0 Å². The molecule has 4 N–H and O–H groups in total. The van der Waals surface area contributed by atoms with Gasteiger partial charge in [0.15, 0.2) is 0 Å². The summed E-state index contributed by atoms with van der Waals surface area (Å²) in [4.78, 5) is 24.0. The highest BCUT2D eigenvalue weighted by atomic mass is 35.5. The second-order valence-corrected chi connectivity index (χ2v) is 10.5. The quantitative estimate of drug-likeness (QED) is 0.116. The van der Waals surface area contributed by atoms with Crippen molar-refractivity contribution in [2.45, 2.75) is 6.23 Å². The van der Waals surface area contributed by atoms with Gasteiger partial charge in [0, 0.05) is 58.9 Å². The fourth-order valence-electron chi connectivity index (χ4n) is 4.49. The van der Waals surface area contributed by atoms with Gasteiger partial charge in [-0.2, -0.15) is 0 Å². The normalized spacial score (nSPS) is 12.1. The van der Waals surface area contributed by atoms with Crippen molar-refractivity contribution < 1.29 is 9.90 Å². The minimum Gasteiger partial charge on any atom is -0.370 e. The lowest BCUT2D eigenvalue weighted by molar-refractivity contribution is 0.102. The van der Waals surface area contributed by atoms with Gasteiger partial charge in [0.2, 0.25) is 5.95 Å². The lowest BCUT2D eigenvalue weighted by atomic mass is 10.1. The third-order valence-electron chi connectivity index (χ3n) is 6.52. The van der Waals surface area contributed by atoms with Gasteiger partial charge in [0.25, 0.3) is 5.91 Å². The van der Waals surface area contributed by atoms with E-state index in [-0.39, 0.29) is 5.91 Å². The van der Waals surface area contributed by atoms with Crippen LogP contribution in [-0.2, 0) is 7.05 Å². The second-order valence-electron chi connectivity index (χ2n) is 10.1. The minimum atomic E-state index is -0.826. The van der Waals surface area contributed by atoms with E-state index in [0.717, 1.165) is 23.0 Å². The Hall–Kier alpha value is -4.70. The van der Waals surface area contributed by atoms with Gasteiger partial charge in [-0.05, 0) is 68.7 Å². The van der Waals surface area contributed by atoms with E-state index in [0.29, 0.717) is 39.3 Å². The Labute approximate surface area is 249 Å².